The number of esters is 1. The third kappa shape index (κ3) is 5.69. The molecular formula is C11H15O4P. The maximum Gasteiger partial charge on any atom is 0.306 e. The van der Waals surface area contributed by atoms with Crippen molar-refractivity contribution in [3.63, 3.8) is 0 Å². The second-order valence-corrected chi connectivity index (χ2v) is 6.22. The van der Waals surface area contributed by atoms with Gasteiger partial charge in [-0.1, -0.05) is 30.3 Å². The first-order valence-corrected chi connectivity index (χ1v) is 7.25. The van der Waals surface area contributed by atoms with Gasteiger partial charge in [0.1, 0.15) is 6.61 Å². The minimum absolute atomic E-state index is 0.0168. The highest BCUT2D eigenvalue weighted by molar-refractivity contribution is 7.57. The molecule has 88 valence electrons. The second-order valence-electron chi connectivity index (χ2n) is 3.67. The molecule has 0 aromatic heterocycles. The van der Waals surface area contributed by atoms with Gasteiger partial charge in [0.2, 0.25) is 0 Å². The molecule has 0 aliphatic carbocycles. The van der Waals surface area contributed by atoms with E-state index in [1.807, 2.05) is 30.3 Å². The molecule has 0 fully saturated rings. The first-order chi connectivity index (χ1) is 7.47. The first-order valence-electron chi connectivity index (χ1n) is 4.96. The lowest BCUT2D eigenvalue weighted by Crippen LogP contribution is -2.06. The molecule has 1 aromatic carbocycles. The molecule has 0 bridgehead atoms. The summed E-state index contributed by atoms with van der Waals surface area (Å²) in [5.41, 5.74) is 0.902. The van der Waals surface area contributed by atoms with Gasteiger partial charge in [-0.15, -0.1) is 0 Å². The monoisotopic (exact) mass is 242 g/mol. The van der Waals surface area contributed by atoms with Crippen LogP contribution in [0.1, 0.15) is 12.0 Å². The second kappa shape index (κ2) is 5.83. The number of hydrogen-bond acceptors (Lipinski definition) is 3. The number of rotatable bonds is 5. The van der Waals surface area contributed by atoms with Crippen LogP contribution in [0.25, 0.3) is 0 Å². The van der Waals surface area contributed by atoms with Crippen LogP contribution in [-0.4, -0.2) is 23.7 Å². The SMILES string of the molecule is CP(=O)(O)CCC(=O)OCc1ccccc1. The van der Waals surface area contributed by atoms with E-state index in [0.717, 1.165) is 5.56 Å². The van der Waals surface area contributed by atoms with E-state index >= 15 is 0 Å². The average Bonchev–Trinajstić information content (AvgIpc) is 2.24. The zero-order valence-corrected chi connectivity index (χ0v) is 10.0. The molecule has 4 nitrogen and oxygen atoms in total. The van der Waals surface area contributed by atoms with Gasteiger partial charge in [0, 0.05) is 12.8 Å². The first kappa shape index (κ1) is 12.9. The summed E-state index contributed by atoms with van der Waals surface area (Å²) in [6.45, 7) is 1.44. The van der Waals surface area contributed by atoms with Gasteiger partial charge < -0.3 is 9.63 Å². The van der Waals surface area contributed by atoms with Crippen molar-refractivity contribution in [2.45, 2.75) is 13.0 Å². The number of hydrogen-bond donors (Lipinski definition) is 1. The number of ether oxygens (including phenoxy) is 1. The summed E-state index contributed by atoms with van der Waals surface area (Å²) in [7, 11) is -3.12. The Hall–Kier alpha value is -1.12. The van der Waals surface area contributed by atoms with Crippen LogP contribution in [0.15, 0.2) is 30.3 Å². The van der Waals surface area contributed by atoms with E-state index in [0.29, 0.717) is 0 Å². The fourth-order valence-electron chi connectivity index (χ4n) is 1.11. The van der Waals surface area contributed by atoms with Gasteiger partial charge in [-0.05, 0) is 5.56 Å². The number of carbonyl (C=O) groups excluding carboxylic acids is 1. The Morgan fingerprint density at radius 1 is 1.38 bits per heavy atom. The largest absolute Gasteiger partial charge is 0.461 e. The van der Waals surface area contributed by atoms with Gasteiger partial charge in [-0.25, -0.2) is 0 Å². The Labute approximate surface area is 94.7 Å². The van der Waals surface area contributed by atoms with Gasteiger partial charge in [0.25, 0.3) is 0 Å². The Morgan fingerprint density at radius 3 is 2.56 bits per heavy atom. The van der Waals surface area contributed by atoms with E-state index in [4.69, 9.17) is 9.63 Å². The molecule has 1 atom stereocenters. The van der Waals surface area contributed by atoms with Crippen LogP contribution < -0.4 is 0 Å². The Kier molecular flexibility index (Phi) is 4.71. The molecule has 5 heteroatoms. The summed E-state index contributed by atoms with van der Waals surface area (Å²) >= 11 is 0. The van der Waals surface area contributed by atoms with Gasteiger partial charge in [-0.3, -0.25) is 9.36 Å². The topological polar surface area (TPSA) is 63.6 Å². The van der Waals surface area contributed by atoms with Crippen molar-refractivity contribution in [2.24, 2.45) is 0 Å². The van der Waals surface area contributed by atoms with Gasteiger partial charge in [-0.2, -0.15) is 0 Å². The van der Waals surface area contributed by atoms with Crippen molar-refractivity contribution in [2.75, 3.05) is 12.8 Å². The van der Waals surface area contributed by atoms with Crippen LogP contribution in [0.3, 0.4) is 0 Å². The van der Waals surface area contributed by atoms with Crippen LogP contribution >= 0.6 is 7.37 Å². The zero-order chi connectivity index (χ0) is 12.0. The summed E-state index contributed by atoms with van der Waals surface area (Å²) in [5.74, 6) is -0.444. The highest BCUT2D eigenvalue weighted by Gasteiger charge is 2.13. The minimum atomic E-state index is -3.12. The third-order valence-corrected chi connectivity index (χ3v) is 3.03. The fraction of sp³-hybridized carbons (Fsp3) is 0.364. The average molecular weight is 242 g/mol. The van der Waals surface area contributed by atoms with Crippen LogP contribution in [-0.2, 0) is 20.7 Å². The van der Waals surface area contributed by atoms with E-state index in [2.05, 4.69) is 0 Å². The molecule has 0 radical (unpaired) electrons. The molecule has 0 saturated carbocycles. The molecule has 1 unspecified atom stereocenters. The van der Waals surface area contributed by atoms with Gasteiger partial charge >= 0.3 is 5.97 Å². The highest BCUT2D eigenvalue weighted by Crippen LogP contribution is 2.35. The number of benzene rings is 1. The molecule has 1 aromatic rings. The highest BCUT2D eigenvalue weighted by atomic mass is 31.2. The molecule has 0 heterocycles. The fourth-order valence-corrected chi connectivity index (χ4v) is 1.71. The number of carbonyl (C=O) groups is 1. The van der Waals surface area contributed by atoms with Crippen molar-refractivity contribution >= 4 is 13.3 Å². The maximum atomic E-state index is 11.2. The van der Waals surface area contributed by atoms with Gasteiger partial charge in [0.05, 0.1) is 6.42 Å². The molecule has 0 saturated heterocycles. The van der Waals surface area contributed by atoms with Crippen LogP contribution in [0.2, 0.25) is 0 Å². The van der Waals surface area contributed by atoms with E-state index < -0.39 is 13.3 Å². The zero-order valence-electron chi connectivity index (χ0n) is 9.13. The van der Waals surface area contributed by atoms with E-state index in [1.165, 1.54) is 6.66 Å². The van der Waals surface area contributed by atoms with Crippen LogP contribution in [0.5, 0.6) is 0 Å². The van der Waals surface area contributed by atoms with E-state index in [9.17, 15) is 9.36 Å². The predicted molar refractivity (Wildman–Crippen MR) is 61.5 cm³/mol. The van der Waals surface area contributed by atoms with Crippen molar-refractivity contribution in [3.05, 3.63) is 35.9 Å². The summed E-state index contributed by atoms with van der Waals surface area (Å²) in [5, 5.41) is 0. The Morgan fingerprint density at radius 2 is 2.00 bits per heavy atom. The summed E-state index contributed by atoms with van der Waals surface area (Å²) in [4.78, 5) is 20.2. The third-order valence-electron chi connectivity index (χ3n) is 1.97. The molecule has 0 aliphatic rings. The Bertz CT molecular complexity index is 382. The van der Waals surface area contributed by atoms with E-state index in [-0.39, 0.29) is 19.2 Å². The lowest BCUT2D eigenvalue weighted by atomic mass is 10.2. The molecule has 1 N–H and O–H groups in total. The Balaban J connectivity index is 2.29. The van der Waals surface area contributed by atoms with E-state index in [1.54, 1.807) is 0 Å². The quantitative estimate of drug-likeness (QED) is 0.633. The molecule has 1 rings (SSSR count). The molecule has 16 heavy (non-hydrogen) atoms. The smallest absolute Gasteiger partial charge is 0.306 e. The van der Waals surface area contributed by atoms with Crippen molar-refractivity contribution < 1.29 is 19.0 Å². The normalized spacial score (nSPS) is 14.1. The molecular weight excluding hydrogens is 227 g/mol. The lowest BCUT2D eigenvalue weighted by Gasteiger charge is -2.06. The molecule has 0 spiro atoms. The van der Waals surface area contributed by atoms with Crippen molar-refractivity contribution in [1.29, 1.82) is 0 Å². The summed E-state index contributed by atoms with van der Waals surface area (Å²) in [6, 6.07) is 9.30. The van der Waals surface area contributed by atoms with Crippen LogP contribution in [0, 0.1) is 0 Å². The predicted octanol–water partition coefficient (Wildman–Crippen LogP) is 2.02. The maximum absolute atomic E-state index is 11.2. The van der Waals surface area contributed by atoms with Crippen molar-refractivity contribution in [1.82, 2.24) is 0 Å². The van der Waals surface area contributed by atoms with Gasteiger partial charge in [0.15, 0.2) is 7.37 Å². The minimum Gasteiger partial charge on any atom is -0.461 e. The summed E-state index contributed by atoms with van der Waals surface area (Å²) < 4.78 is 15.9. The van der Waals surface area contributed by atoms with Crippen LogP contribution in [0.4, 0.5) is 0 Å². The standard InChI is InChI=1S/C11H15O4P/c1-16(13,14)8-7-11(12)15-9-10-5-3-2-4-6-10/h2-6H,7-9H2,1H3,(H,13,14). The molecule has 0 aliphatic heterocycles. The van der Waals surface area contributed by atoms with Crippen molar-refractivity contribution in [3.8, 4) is 0 Å². The lowest BCUT2D eigenvalue weighted by molar-refractivity contribution is -0.144. The molecule has 0 amide bonds. The summed E-state index contributed by atoms with van der Waals surface area (Å²) in [6.07, 6.45) is -0.0439.